The first kappa shape index (κ1) is 14.6. The maximum Gasteiger partial charge on any atom is 0.254 e. The molecule has 1 aliphatic heterocycles. The lowest BCUT2D eigenvalue weighted by Gasteiger charge is -2.33. The number of nitrogens with zero attached hydrogens (tertiary/aromatic N) is 1. The highest BCUT2D eigenvalue weighted by atomic mass is 79.9. The Bertz CT molecular complexity index is 462. The maximum atomic E-state index is 12.6. The molecule has 1 aromatic carbocycles. The molecular formula is C16H22BrNO. The van der Waals surface area contributed by atoms with Gasteiger partial charge in [-0.1, -0.05) is 40.5 Å². The third-order valence-corrected chi connectivity index (χ3v) is 4.85. The number of carbonyl (C=O) groups is 1. The number of piperidine rings is 1. The molecule has 1 fully saturated rings. The second kappa shape index (κ2) is 6.08. The Balaban J connectivity index is 2.07. The standard InChI is InChI=1S/C16H22BrNO/c1-11-4-5-12(2)15(10-11)16(19)18-8-6-14(7-9-18)13(3)17/h4-5,10,13-14H,6-9H2,1-3H3. The van der Waals surface area contributed by atoms with E-state index in [1.54, 1.807) is 0 Å². The number of hydrogen-bond acceptors (Lipinski definition) is 1. The van der Waals surface area contributed by atoms with Gasteiger partial charge < -0.3 is 4.90 Å². The van der Waals surface area contributed by atoms with E-state index >= 15 is 0 Å². The Morgan fingerprint density at radius 2 is 1.95 bits per heavy atom. The third kappa shape index (κ3) is 3.38. The molecule has 1 saturated heterocycles. The van der Waals surface area contributed by atoms with Gasteiger partial charge in [0.05, 0.1) is 0 Å². The van der Waals surface area contributed by atoms with Crippen molar-refractivity contribution in [2.45, 2.75) is 38.4 Å². The number of amides is 1. The summed E-state index contributed by atoms with van der Waals surface area (Å²) in [7, 11) is 0. The van der Waals surface area contributed by atoms with Gasteiger partial charge in [-0.2, -0.15) is 0 Å². The van der Waals surface area contributed by atoms with Crippen molar-refractivity contribution < 1.29 is 4.79 Å². The first-order valence-corrected chi connectivity index (χ1v) is 7.91. The van der Waals surface area contributed by atoms with E-state index < -0.39 is 0 Å². The molecule has 0 N–H and O–H groups in total. The van der Waals surface area contributed by atoms with Gasteiger partial charge >= 0.3 is 0 Å². The van der Waals surface area contributed by atoms with Gasteiger partial charge in [0.25, 0.3) is 5.91 Å². The van der Waals surface area contributed by atoms with Crippen molar-refractivity contribution in [1.29, 1.82) is 0 Å². The predicted octanol–water partition coefficient (Wildman–Crippen LogP) is 3.94. The van der Waals surface area contributed by atoms with Crippen LogP contribution in [0.3, 0.4) is 0 Å². The molecule has 0 saturated carbocycles. The van der Waals surface area contributed by atoms with Crippen molar-refractivity contribution in [3.63, 3.8) is 0 Å². The number of halogens is 1. The highest BCUT2D eigenvalue weighted by molar-refractivity contribution is 9.09. The Labute approximate surface area is 124 Å². The van der Waals surface area contributed by atoms with Crippen LogP contribution in [0.15, 0.2) is 18.2 Å². The van der Waals surface area contributed by atoms with Crippen LogP contribution in [0.25, 0.3) is 0 Å². The zero-order valence-corrected chi connectivity index (χ0v) is 13.5. The Hall–Kier alpha value is -0.830. The van der Waals surface area contributed by atoms with Crippen molar-refractivity contribution in [3.8, 4) is 0 Å². The van der Waals surface area contributed by atoms with Crippen molar-refractivity contribution in [2.75, 3.05) is 13.1 Å². The fraction of sp³-hybridized carbons (Fsp3) is 0.562. The average Bonchev–Trinajstić information content (AvgIpc) is 2.41. The van der Waals surface area contributed by atoms with Gasteiger partial charge in [-0.15, -0.1) is 0 Å². The minimum Gasteiger partial charge on any atom is -0.339 e. The normalized spacial score (nSPS) is 18.4. The van der Waals surface area contributed by atoms with E-state index in [1.165, 1.54) is 0 Å². The quantitative estimate of drug-likeness (QED) is 0.755. The molecule has 0 radical (unpaired) electrons. The van der Waals surface area contributed by atoms with Crippen LogP contribution in [0.4, 0.5) is 0 Å². The Morgan fingerprint density at radius 1 is 1.32 bits per heavy atom. The first-order chi connectivity index (χ1) is 8.99. The van der Waals surface area contributed by atoms with E-state index in [1.807, 2.05) is 30.9 Å². The van der Waals surface area contributed by atoms with E-state index in [0.29, 0.717) is 10.7 Å². The second-order valence-corrected chi connectivity index (χ2v) is 7.07. The zero-order valence-electron chi connectivity index (χ0n) is 11.9. The van der Waals surface area contributed by atoms with Crippen LogP contribution in [-0.4, -0.2) is 28.7 Å². The number of carbonyl (C=O) groups excluding carboxylic acids is 1. The molecule has 1 unspecified atom stereocenters. The lowest BCUT2D eigenvalue weighted by molar-refractivity contribution is 0.0690. The zero-order chi connectivity index (χ0) is 14.0. The molecule has 1 aliphatic rings. The van der Waals surface area contributed by atoms with Crippen molar-refractivity contribution in [1.82, 2.24) is 4.90 Å². The molecule has 1 aromatic rings. The monoisotopic (exact) mass is 323 g/mol. The fourth-order valence-electron chi connectivity index (χ4n) is 2.70. The highest BCUT2D eigenvalue weighted by Crippen LogP contribution is 2.26. The van der Waals surface area contributed by atoms with Gasteiger partial charge in [-0.05, 0) is 44.2 Å². The smallest absolute Gasteiger partial charge is 0.254 e. The van der Waals surface area contributed by atoms with E-state index in [2.05, 4.69) is 28.9 Å². The minimum absolute atomic E-state index is 0.196. The molecule has 1 atom stereocenters. The molecule has 104 valence electrons. The molecule has 2 nitrogen and oxygen atoms in total. The molecule has 1 amide bonds. The van der Waals surface area contributed by atoms with Crippen LogP contribution < -0.4 is 0 Å². The van der Waals surface area contributed by atoms with Gasteiger partial charge in [0.15, 0.2) is 0 Å². The number of alkyl halides is 1. The van der Waals surface area contributed by atoms with E-state index in [9.17, 15) is 4.79 Å². The number of hydrogen-bond donors (Lipinski definition) is 0. The van der Waals surface area contributed by atoms with Gasteiger partial charge in [-0.3, -0.25) is 4.79 Å². The Morgan fingerprint density at radius 3 is 2.53 bits per heavy atom. The van der Waals surface area contributed by atoms with Crippen LogP contribution in [0.1, 0.15) is 41.3 Å². The molecule has 3 heteroatoms. The summed E-state index contributed by atoms with van der Waals surface area (Å²) in [5.74, 6) is 0.893. The molecule has 1 heterocycles. The third-order valence-electron chi connectivity index (χ3n) is 4.10. The first-order valence-electron chi connectivity index (χ1n) is 6.99. The van der Waals surface area contributed by atoms with Crippen LogP contribution in [0, 0.1) is 19.8 Å². The highest BCUT2D eigenvalue weighted by Gasteiger charge is 2.26. The number of aryl methyl sites for hydroxylation is 2. The van der Waals surface area contributed by atoms with Crippen molar-refractivity contribution in [2.24, 2.45) is 5.92 Å². The van der Waals surface area contributed by atoms with Gasteiger partial charge in [0.1, 0.15) is 0 Å². The largest absolute Gasteiger partial charge is 0.339 e. The Kier molecular flexibility index (Phi) is 4.67. The van der Waals surface area contributed by atoms with Gasteiger partial charge in [-0.25, -0.2) is 0 Å². The van der Waals surface area contributed by atoms with E-state index in [0.717, 1.165) is 42.6 Å². The lowest BCUT2D eigenvalue weighted by atomic mass is 9.93. The lowest BCUT2D eigenvalue weighted by Crippen LogP contribution is -2.40. The molecule has 2 rings (SSSR count). The summed E-state index contributed by atoms with van der Waals surface area (Å²) in [6.45, 7) is 8.02. The average molecular weight is 324 g/mol. The maximum absolute atomic E-state index is 12.6. The summed E-state index contributed by atoms with van der Waals surface area (Å²) >= 11 is 3.66. The molecule has 0 spiro atoms. The molecule has 19 heavy (non-hydrogen) atoms. The second-order valence-electron chi connectivity index (χ2n) is 5.63. The van der Waals surface area contributed by atoms with Crippen LogP contribution in [0.2, 0.25) is 0 Å². The minimum atomic E-state index is 0.196. The summed E-state index contributed by atoms with van der Waals surface area (Å²) in [6, 6.07) is 6.11. The number of rotatable bonds is 2. The van der Waals surface area contributed by atoms with Crippen molar-refractivity contribution in [3.05, 3.63) is 34.9 Å². The van der Waals surface area contributed by atoms with Gasteiger partial charge in [0.2, 0.25) is 0 Å². The summed E-state index contributed by atoms with van der Waals surface area (Å²) in [6.07, 6.45) is 2.20. The molecular weight excluding hydrogens is 302 g/mol. The van der Waals surface area contributed by atoms with E-state index in [-0.39, 0.29) is 5.91 Å². The van der Waals surface area contributed by atoms with E-state index in [4.69, 9.17) is 0 Å². The summed E-state index contributed by atoms with van der Waals surface area (Å²) < 4.78 is 0. The number of likely N-dealkylation sites (tertiary alicyclic amines) is 1. The SMILES string of the molecule is Cc1ccc(C)c(C(=O)N2CCC(C(C)Br)CC2)c1. The molecule has 0 bridgehead atoms. The fourth-order valence-corrected chi connectivity index (χ4v) is 3.23. The van der Waals surface area contributed by atoms with Crippen LogP contribution in [0.5, 0.6) is 0 Å². The van der Waals surface area contributed by atoms with Crippen molar-refractivity contribution >= 4 is 21.8 Å². The summed E-state index contributed by atoms with van der Waals surface area (Å²) in [5, 5.41) is 0. The molecule has 0 aromatic heterocycles. The summed E-state index contributed by atoms with van der Waals surface area (Å²) in [5.41, 5.74) is 3.09. The number of benzene rings is 1. The van der Waals surface area contributed by atoms with Gasteiger partial charge in [0, 0.05) is 23.5 Å². The topological polar surface area (TPSA) is 20.3 Å². The van der Waals surface area contributed by atoms with Crippen LogP contribution in [-0.2, 0) is 0 Å². The molecule has 0 aliphatic carbocycles. The predicted molar refractivity (Wildman–Crippen MR) is 82.9 cm³/mol. The van der Waals surface area contributed by atoms with Crippen LogP contribution >= 0.6 is 15.9 Å². The summed E-state index contributed by atoms with van der Waals surface area (Å²) in [4.78, 5) is 15.1.